The van der Waals surface area contributed by atoms with Crippen molar-refractivity contribution in [2.24, 2.45) is 0 Å². The van der Waals surface area contributed by atoms with E-state index in [1.54, 1.807) is 19.2 Å². The van der Waals surface area contributed by atoms with Crippen LogP contribution in [0.1, 0.15) is 18.4 Å². The molecule has 1 aromatic rings. The predicted octanol–water partition coefficient (Wildman–Crippen LogP) is 2.52. The number of unbranched alkanes of at least 4 members (excludes halogenated alkanes) is 1. The highest BCUT2D eigenvalue weighted by Gasteiger charge is 2.06. The zero-order valence-corrected chi connectivity index (χ0v) is 10.1. The third kappa shape index (κ3) is 5.24. The van der Waals surface area contributed by atoms with Crippen LogP contribution in [0.3, 0.4) is 0 Å². The zero-order valence-electron chi connectivity index (χ0n) is 10.1. The average molecular weight is 243 g/mol. The third-order valence-corrected chi connectivity index (χ3v) is 2.56. The lowest BCUT2D eigenvalue weighted by molar-refractivity contribution is 0.199. The number of halogens is 2. The van der Waals surface area contributed by atoms with Crippen LogP contribution in [0.15, 0.2) is 18.2 Å². The SMILES string of the molecule is COCCNCCCCc1cccc(F)c1F. The Kier molecular flexibility index (Phi) is 6.74. The summed E-state index contributed by atoms with van der Waals surface area (Å²) in [4.78, 5) is 0. The molecule has 0 spiro atoms. The van der Waals surface area contributed by atoms with Crippen LogP contribution in [0.2, 0.25) is 0 Å². The molecule has 0 aliphatic carbocycles. The van der Waals surface area contributed by atoms with Gasteiger partial charge in [-0.2, -0.15) is 0 Å². The van der Waals surface area contributed by atoms with E-state index in [1.165, 1.54) is 0 Å². The molecule has 0 aliphatic heterocycles. The Hall–Kier alpha value is -1.00. The third-order valence-electron chi connectivity index (χ3n) is 2.56. The van der Waals surface area contributed by atoms with Gasteiger partial charge in [0.1, 0.15) is 0 Å². The van der Waals surface area contributed by atoms with Gasteiger partial charge in [0.2, 0.25) is 0 Å². The largest absolute Gasteiger partial charge is 0.383 e. The standard InChI is InChI=1S/C13H19F2NO/c1-17-10-9-16-8-3-2-5-11-6-4-7-12(14)13(11)15/h4,6-7,16H,2-3,5,8-10H2,1H3. The quantitative estimate of drug-likeness (QED) is 0.708. The maximum atomic E-state index is 13.3. The van der Waals surface area contributed by atoms with Gasteiger partial charge in [0, 0.05) is 13.7 Å². The molecule has 0 atom stereocenters. The first kappa shape index (κ1) is 14.1. The highest BCUT2D eigenvalue weighted by molar-refractivity contribution is 5.18. The maximum absolute atomic E-state index is 13.3. The Morgan fingerprint density at radius 3 is 2.76 bits per heavy atom. The molecule has 17 heavy (non-hydrogen) atoms. The molecule has 1 N–H and O–H groups in total. The van der Waals surface area contributed by atoms with Crippen molar-refractivity contribution in [3.63, 3.8) is 0 Å². The minimum atomic E-state index is -0.763. The molecule has 0 bridgehead atoms. The van der Waals surface area contributed by atoms with Crippen LogP contribution in [0, 0.1) is 11.6 Å². The van der Waals surface area contributed by atoms with Crippen molar-refractivity contribution in [3.8, 4) is 0 Å². The first-order valence-electron chi connectivity index (χ1n) is 5.88. The van der Waals surface area contributed by atoms with Gasteiger partial charge in [0.05, 0.1) is 6.61 Å². The smallest absolute Gasteiger partial charge is 0.162 e. The molecule has 0 aromatic heterocycles. The Morgan fingerprint density at radius 2 is 2.00 bits per heavy atom. The van der Waals surface area contributed by atoms with Gasteiger partial charge in [-0.3, -0.25) is 0 Å². The molecule has 0 fully saturated rings. The molecule has 2 nitrogen and oxygen atoms in total. The summed E-state index contributed by atoms with van der Waals surface area (Å²) in [5, 5.41) is 3.21. The van der Waals surface area contributed by atoms with E-state index in [9.17, 15) is 8.78 Å². The molecule has 0 unspecified atom stereocenters. The van der Waals surface area contributed by atoms with Gasteiger partial charge in [-0.1, -0.05) is 12.1 Å². The van der Waals surface area contributed by atoms with E-state index in [2.05, 4.69) is 5.32 Å². The number of hydrogen-bond acceptors (Lipinski definition) is 2. The van der Waals surface area contributed by atoms with Gasteiger partial charge in [0.15, 0.2) is 11.6 Å². The van der Waals surface area contributed by atoms with Crippen LogP contribution < -0.4 is 5.32 Å². The first-order chi connectivity index (χ1) is 8.25. The average Bonchev–Trinajstić information content (AvgIpc) is 2.33. The number of ether oxygens (including phenoxy) is 1. The summed E-state index contributed by atoms with van der Waals surface area (Å²) in [6.45, 7) is 2.39. The van der Waals surface area contributed by atoms with E-state index in [-0.39, 0.29) is 0 Å². The van der Waals surface area contributed by atoms with Gasteiger partial charge in [0.25, 0.3) is 0 Å². The number of rotatable bonds is 8. The summed E-state index contributed by atoms with van der Waals surface area (Å²) in [6, 6.07) is 4.33. The van der Waals surface area contributed by atoms with Crippen molar-refractivity contribution in [2.45, 2.75) is 19.3 Å². The van der Waals surface area contributed by atoms with E-state index in [0.29, 0.717) is 18.6 Å². The van der Waals surface area contributed by atoms with Crippen LogP contribution in [-0.2, 0) is 11.2 Å². The van der Waals surface area contributed by atoms with Gasteiger partial charge >= 0.3 is 0 Å². The number of hydrogen-bond donors (Lipinski definition) is 1. The minimum Gasteiger partial charge on any atom is -0.383 e. The van der Waals surface area contributed by atoms with Gasteiger partial charge < -0.3 is 10.1 Å². The fraction of sp³-hybridized carbons (Fsp3) is 0.538. The summed E-state index contributed by atoms with van der Waals surface area (Å²) < 4.78 is 31.1. The lowest BCUT2D eigenvalue weighted by Gasteiger charge is -2.05. The van der Waals surface area contributed by atoms with Crippen molar-refractivity contribution in [1.82, 2.24) is 5.32 Å². The Morgan fingerprint density at radius 1 is 1.18 bits per heavy atom. The number of benzene rings is 1. The molecule has 0 aliphatic rings. The fourth-order valence-electron chi connectivity index (χ4n) is 1.61. The van der Waals surface area contributed by atoms with E-state index in [1.807, 2.05) is 0 Å². The maximum Gasteiger partial charge on any atom is 0.162 e. The molecule has 1 rings (SSSR count). The highest BCUT2D eigenvalue weighted by Crippen LogP contribution is 2.13. The van der Waals surface area contributed by atoms with Crippen LogP contribution in [0.25, 0.3) is 0 Å². The summed E-state index contributed by atoms with van der Waals surface area (Å²) in [5.41, 5.74) is 0.460. The van der Waals surface area contributed by atoms with Crippen molar-refractivity contribution in [3.05, 3.63) is 35.4 Å². The second-order valence-electron chi connectivity index (χ2n) is 3.91. The van der Waals surface area contributed by atoms with Crippen LogP contribution in [0.5, 0.6) is 0 Å². The molecule has 0 saturated heterocycles. The van der Waals surface area contributed by atoms with Crippen molar-refractivity contribution < 1.29 is 13.5 Å². The lowest BCUT2D eigenvalue weighted by atomic mass is 10.1. The van der Waals surface area contributed by atoms with Gasteiger partial charge in [-0.15, -0.1) is 0 Å². The van der Waals surface area contributed by atoms with Gasteiger partial charge in [-0.05, 0) is 37.4 Å². The molecule has 96 valence electrons. The molecule has 0 heterocycles. The van der Waals surface area contributed by atoms with Gasteiger partial charge in [-0.25, -0.2) is 8.78 Å². The number of methoxy groups -OCH3 is 1. The predicted molar refractivity (Wildman–Crippen MR) is 64.0 cm³/mol. The number of aryl methyl sites for hydroxylation is 1. The highest BCUT2D eigenvalue weighted by atomic mass is 19.2. The zero-order chi connectivity index (χ0) is 12.5. The van der Waals surface area contributed by atoms with Crippen LogP contribution >= 0.6 is 0 Å². The summed E-state index contributed by atoms with van der Waals surface area (Å²) in [5.74, 6) is -1.47. The molecule has 0 saturated carbocycles. The summed E-state index contributed by atoms with van der Waals surface area (Å²) >= 11 is 0. The molecule has 4 heteroatoms. The molecular weight excluding hydrogens is 224 g/mol. The van der Waals surface area contributed by atoms with E-state index >= 15 is 0 Å². The Balaban J connectivity index is 2.16. The summed E-state index contributed by atoms with van der Waals surface area (Å²) in [6.07, 6.45) is 2.37. The molecular formula is C13H19F2NO. The van der Waals surface area contributed by atoms with E-state index in [0.717, 1.165) is 32.0 Å². The normalized spacial score (nSPS) is 10.8. The van der Waals surface area contributed by atoms with Crippen LogP contribution in [0.4, 0.5) is 8.78 Å². The monoisotopic (exact) mass is 243 g/mol. The first-order valence-corrected chi connectivity index (χ1v) is 5.88. The summed E-state index contributed by atoms with van der Waals surface area (Å²) in [7, 11) is 1.66. The topological polar surface area (TPSA) is 21.3 Å². The Bertz CT molecular complexity index is 331. The van der Waals surface area contributed by atoms with Crippen molar-refractivity contribution in [2.75, 3.05) is 26.8 Å². The second-order valence-corrected chi connectivity index (χ2v) is 3.91. The fourth-order valence-corrected chi connectivity index (χ4v) is 1.61. The molecule has 1 aromatic carbocycles. The minimum absolute atomic E-state index is 0.460. The van der Waals surface area contributed by atoms with Crippen molar-refractivity contribution in [1.29, 1.82) is 0 Å². The lowest BCUT2D eigenvalue weighted by Crippen LogP contribution is -2.20. The van der Waals surface area contributed by atoms with E-state index in [4.69, 9.17) is 4.74 Å². The second kappa shape index (κ2) is 8.14. The molecule has 0 amide bonds. The Labute approximate surface area is 101 Å². The van der Waals surface area contributed by atoms with Crippen LogP contribution in [-0.4, -0.2) is 26.8 Å². The number of nitrogens with one attached hydrogen (secondary N) is 1. The van der Waals surface area contributed by atoms with Crippen molar-refractivity contribution >= 4 is 0 Å². The molecule has 0 radical (unpaired) electrons. The van der Waals surface area contributed by atoms with E-state index < -0.39 is 11.6 Å².